The number of carboxylic acids is 1. The molecule has 0 aromatic carbocycles. The van der Waals surface area contributed by atoms with Gasteiger partial charge in [-0.25, -0.2) is 0 Å². The number of carbonyl (C=O) groups is 2. The number of thioether (sulfide) groups is 1. The van der Waals surface area contributed by atoms with Crippen molar-refractivity contribution in [1.82, 2.24) is 5.32 Å². The second-order valence-electron chi connectivity index (χ2n) is 4.51. The van der Waals surface area contributed by atoms with Crippen molar-refractivity contribution >= 4 is 23.6 Å². The number of carboxylic acid groups (broad SMARTS) is 1. The first-order valence-electron chi connectivity index (χ1n) is 6.20. The van der Waals surface area contributed by atoms with E-state index in [0.29, 0.717) is 18.8 Å². The minimum absolute atomic E-state index is 0.00148. The fourth-order valence-corrected chi connectivity index (χ4v) is 3.13. The van der Waals surface area contributed by atoms with Crippen molar-refractivity contribution in [2.45, 2.75) is 32.6 Å². The summed E-state index contributed by atoms with van der Waals surface area (Å²) in [5.41, 5.74) is 0. The third-order valence-electron chi connectivity index (χ3n) is 3.20. The van der Waals surface area contributed by atoms with Gasteiger partial charge < -0.3 is 10.4 Å². The Bertz CT molecular complexity index is 264. The van der Waals surface area contributed by atoms with E-state index in [2.05, 4.69) is 5.32 Å². The Labute approximate surface area is 107 Å². The molecule has 1 saturated heterocycles. The van der Waals surface area contributed by atoms with E-state index in [0.717, 1.165) is 24.3 Å². The highest BCUT2D eigenvalue weighted by Gasteiger charge is 2.19. The fraction of sp³-hybridized carbons (Fsp3) is 0.833. The highest BCUT2D eigenvalue weighted by Crippen LogP contribution is 2.25. The summed E-state index contributed by atoms with van der Waals surface area (Å²) in [5, 5.41) is 11.6. The van der Waals surface area contributed by atoms with Crippen LogP contribution in [0.2, 0.25) is 0 Å². The first kappa shape index (κ1) is 14.4. The molecule has 1 atom stereocenters. The van der Waals surface area contributed by atoms with Crippen LogP contribution in [0.5, 0.6) is 0 Å². The van der Waals surface area contributed by atoms with E-state index in [-0.39, 0.29) is 12.5 Å². The Morgan fingerprint density at radius 1 is 1.41 bits per heavy atom. The van der Waals surface area contributed by atoms with Crippen molar-refractivity contribution in [2.24, 2.45) is 11.8 Å². The lowest BCUT2D eigenvalue weighted by Gasteiger charge is -2.21. The van der Waals surface area contributed by atoms with Crippen LogP contribution < -0.4 is 5.32 Å². The number of aliphatic carboxylic acids is 1. The molecule has 17 heavy (non-hydrogen) atoms. The van der Waals surface area contributed by atoms with Crippen molar-refractivity contribution in [1.29, 1.82) is 0 Å². The van der Waals surface area contributed by atoms with E-state index in [9.17, 15) is 9.59 Å². The second kappa shape index (κ2) is 7.58. The molecule has 1 aliphatic rings. The number of hydrogen-bond donors (Lipinski definition) is 2. The van der Waals surface area contributed by atoms with Gasteiger partial charge in [0.15, 0.2) is 0 Å². The molecule has 1 fully saturated rings. The van der Waals surface area contributed by atoms with Gasteiger partial charge in [-0.15, -0.1) is 0 Å². The zero-order valence-electron chi connectivity index (χ0n) is 10.3. The largest absolute Gasteiger partial charge is 0.481 e. The van der Waals surface area contributed by atoms with Crippen LogP contribution in [0, 0.1) is 11.8 Å². The molecule has 5 heteroatoms. The van der Waals surface area contributed by atoms with Gasteiger partial charge in [-0.2, -0.15) is 11.8 Å². The van der Waals surface area contributed by atoms with Gasteiger partial charge in [0, 0.05) is 13.0 Å². The molecule has 0 aliphatic carbocycles. The molecule has 0 radical (unpaired) electrons. The summed E-state index contributed by atoms with van der Waals surface area (Å²) in [6.45, 7) is 2.08. The van der Waals surface area contributed by atoms with E-state index >= 15 is 0 Å². The molecule has 1 unspecified atom stereocenters. The van der Waals surface area contributed by atoms with Gasteiger partial charge in [-0.1, -0.05) is 6.92 Å². The Hall–Kier alpha value is -0.710. The molecule has 98 valence electrons. The third-order valence-corrected chi connectivity index (χ3v) is 4.25. The zero-order valence-corrected chi connectivity index (χ0v) is 11.1. The molecule has 0 aromatic rings. The molecule has 1 amide bonds. The number of nitrogens with one attached hydrogen (secondary N) is 1. The zero-order chi connectivity index (χ0) is 12.7. The van der Waals surface area contributed by atoms with E-state index in [4.69, 9.17) is 5.11 Å². The standard InChI is InChI=1S/C12H21NO3S/c1-2-10(12(15)16)8-13-11(14)7-9-3-5-17-6-4-9/h9-10H,2-8H2,1H3,(H,13,14)(H,15,16). The van der Waals surface area contributed by atoms with E-state index in [1.54, 1.807) is 0 Å². The van der Waals surface area contributed by atoms with Crippen molar-refractivity contribution in [3.63, 3.8) is 0 Å². The van der Waals surface area contributed by atoms with Gasteiger partial charge in [0.05, 0.1) is 5.92 Å². The molecule has 1 aliphatic heterocycles. The van der Waals surface area contributed by atoms with Gasteiger partial charge in [-0.05, 0) is 36.7 Å². The summed E-state index contributed by atoms with van der Waals surface area (Å²) in [6, 6.07) is 0. The van der Waals surface area contributed by atoms with Crippen molar-refractivity contribution in [2.75, 3.05) is 18.1 Å². The van der Waals surface area contributed by atoms with Gasteiger partial charge >= 0.3 is 5.97 Å². The predicted molar refractivity (Wildman–Crippen MR) is 69.1 cm³/mol. The minimum atomic E-state index is -0.832. The second-order valence-corrected chi connectivity index (χ2v) is 5.73. The van der Waals surface area contributed by atoms with Crippen LogP contribution in [-0.4, -0.2) is 35.0 Å². The Kier molecular flexibility index (Phi) is 6.40. The minimum Gasteiger partial charge on any atom is -0.481 e. The van der Waals surface area contributed by atoms with Gasteiger partial charge in [0.2, 0.25) is 5.91 Å². The van der Waals surface area contributed by atoms with Crippen molar-refractivity contribution in [3.8, 4) is 0 Å². The van der Waals surface area contributed by atoms with Gasteiger partial charge in [-0.3, -0.25) is 9.59 Å². The average Bonchev–Trinajstić information content (AvgIpc) is 2.30. The van der Waals surface area contributed by atoms with Crippen LogP contribution in [0.4, 0.5) is 0 Å². The van der Waals surface area contributed by atoms with E-state index < -0.39 is 11.9 Å². The first-order valence-corrected chi connectivity index (χ1v) is 7.36. The number of carbonyl (C=O) groups excluding carboxylic acids is 1. The van der Waals surface area contributed by atoms with Crippen LogP contribution in [0.25, 0.3) is 0 Å². The maximum atomic E-state index is 11.6. The first-order chi connectivity index (χ1) is 8.13. The monoisotopic (exact) mass is 259 g/mol. The van der Waals surface area contributed by atoms with Crippen molar-refractivity contribution in [3.05, 3.63) is 0 Å². The Balaban J connectivity index is 2.21. The van der Waals surface area contributed by atoms with Gasteiger partial charge in [0.1, 0.15) is 0 Å². The quantitative estimate of drug-likeness (QED) is 0.762. The highest BCUT2D eigenvalue weighted by molar-refractivity contribution is 7.99. The van der Waals surface area contributed by atoms with Crippen LogP contribution in [0.1, 0.15) is 32.6 Å². The van der Waals surface area contributed by atoms with Crippen LogP contribution in [0.15, 0.2) is 0 Å². The normalized spacial score (nSPS) is 18.6. The summed E-state index contributed by atoms with van der Waals surface area (Å²) in [4.78, 5) is 22.4. The molecule has 1 heterocycles. The Morgan fingerprint density at radius 2 is 2.06 bits per heavy atom. The average molecular weight is 259 g/mol. The lowest BCUT2D eigenvalue weighted by atomic mass is 9.98. The molecule has 4 nitrogen and oxygen atoms in total. The lowest BCUT2D eigenvalue weighted by Crippen LogP contribution is -2.34. The number of rotatable bonds is 6. The molecule has 1 rings (SSSR count). The van der Waals surface area contributed by atoms with Crippen LogP contribution in [-0.2, 0) is 9.59 Å². The summed E-state index contributed by atoms with van der Waals surface area (Å²) in [6.07, 6.45) is 3.31. The molecular weight excluding hydrogens is 238 g/mol. The molecule has 2 N–H and O–H groups in total. The maximum absolute atomic E-state index is 11.6. The Morgan fingerprint density at radius 3 is 2.59 bits per heavy atom. The summed E-state index contributed by atoms with van der Waals surface area (Å²) < 4.78 is 0. The van der Waals surface area contributed by atoms with Crippen LogP contribution >= 0.6 is 11.8 Å². The lowest BCUT2D eigenvalue weighted by molar-refractivity contribution is -0.141. The highest BCUT2D eigenvalue weighted by atomic mass is 32.2. The molecule has 0 saturated carbocycles. The maximum Gasteiger partial charge on any atom is 0.308 e. The molecule has 0 spiro atoms. The van der Waals surface area contributed by atoms with E-state index in [1.807, 2.05) is 18.7 Å². The molecular formula is C12H21NO3S. The fourth-order valence-electron chi connectivity index (χ4n) is 1.93. The summed E-state index contributed by atoms with van der Waals surface area (Å²) in [7, 11) is 0. The van der Waals surface area contributed by atoms with Crippen molar-refractivity contribution < 1.29 is 14.7 Å². The predicted octanol–water partition coefficient (Wildman–Crippen LogP) is 1.75. The molecule has 0 aromatic heterocycles. The molecule has 0 bridgehead atoms. The smallest absolute Gasteiger partial charge is 0.308 e. The topological polar surface area (TPSA) is 66.4 Å². The summed E-state index contributed by atoms with van der Waals surface area (Å²) >= 11 is 1.94. The number of hydrogen-bond acceptors (Lipinski definition) is 3. The number of amides is 1. The summed E-state index contributed by atoms with van der Waals surface area (Å²) in [5.74, 6) is 1.49. The van der Waals surface area contributed by atoms with Crippen LogP contribution in [0.3, 0.4) is 0 Å². The van der Waals surface area contributed by atoms with E-state index in [1.165, 1.54) is 0 Å². The van der Waals surface area contributed by atoms with Gasteiger partial charge in [0.25, 0.3) is 0 Å². The third kappa shape index (κ3) is 5.44. The SMILES string of the molecule is CCC(CNC(=O)CC1CCSCC1)C(=O)O.